The monoisotopic (exact) mass is 276 g/mol. The number of likely N-dealkylation sites (N-methyl/N-ethyl adjacent to an activating group) is 2. The van der Waals surface area contributed by atoms with E-state index in [2.05, 4.69) is 75.2 Å². The Hall–Kier alpha value is -0.860. The fourth-order valence-corrected chi connectivity index (χ4v) is 2.81. The summed E-state index contributed by atoms with van der Waals surface area (Å²) in [7, 11) is 0. The highest BCUT2D eigenvalue weighted by atomic mass is 15.1. The van der Waals surface area contributed by atoms with E-state index in [1.165, 1.54) is 12.1 Å². The van der Waals surface area contributed by atoms with Crippen LogP contribution in [0.15, 0.2) is 30.3 Å². The summed E-state index contributed by atoms with van der Waals surface area (Å²) in [5.41, 5.74) is 1.60. The Morgan fingerprint density at radius 3 is 2.30 bits per heavy atom. The zero-order valence-electron chi connectivity index (χ0n) is 13.9. The third-order valence-electron chi connectivity index (χ3n) is 3.88. The third kappa shape index (κ3) is 5.26. The smallest absolute Gasteiger partial charge is 0.0177 e. The molecule has 0 heterocycles. The normalized spacial score (nSPS) is 14.8. The van der Waals surface area contributed by atoms with E-state index in [9.17, 15) is 0 Å². The van der Waals surface area contributed by atoms with Gasteiger partial charge in [-0.05, 0) is 24.6 Å². The summed E-state index contributed by atoms with van der Waals surface area (Å²) in [6, 6.07) is 10.9. The lowest BCUT2D eigenvalue weighted by Crippen LogP contribution is -2.46. The average Bonchev–Trinajstić information content (AvgIpc) is 2.45. The van der Waals surface area contributed by atoms with Gasteiger partial charge >= 0.3 is 0 Å². The molecule has 0 spiro atoms. The number of rotatable bonds is 9. The standard InChI is InChI=1S/C18H32N2/c1-6-19-14-18(5,17-11-9-8-10-12-17)15-20(7-2)13-16(3)4/h8-12,16,19H,6-7,13-15H2,1-5H3. The molecule has 2 nitrogen and oxygen atoms in total. The molecule has 1 atom stereocenters. The van der Waals surface area contributed by atoms with Gasteiger partial charge < -0.3 is 10.2 Å². The number of nitrogens with zero attached hydrogens (tertiary/aromatic N) is 1. The first-order valence-electron chi connectivity index (χ1n) is 8.00. The highest BCUT2D eigenvalue weighted by Crippen LogP contribution is 2.24. The van der Waals surface area contributed by atoms with E-state index in [-0.39, 0.29) is 5.41 Å². The minimum Gasteiger partial charge on any atom is -0.316 e. The van der Waals surface area contributed by atoms with Crippen LogP contribution < -0.4 is 5.32 Å². The van der Waals surface area contributed by atoms with Crippen LogP contribution >= 0.6 is 0 Å². The third-order valence-corrected chi connectivity index (χ3v) is 3.88. The lowest BCUT2D eigenvalue weighted by atomic mass is 9.81. The molecule has 0 aromatic heterocycles. The highest BCUT2D eigenvalue weighted by Gasteiger charge is 2.28. The first-order chi connectivity index (χ1) is 9.51. The summed E-state index contributed by atoms with van der Waals surface area (Å²) in [4.78, 5) is 2.58. The van der Waals surface area contributed by atoms with Crippen LogP contribution in [0.3, 0.4) is 0 Å². The van der Waals surface area contributed by atoms with E-state index in [1.807, 2.05) is 0 Å². The van der Waals surface area contributed by atoms with Crippen LogP contribution in [0.1, 0.15) is 40.2 Å². The Balaban J connectivity index is 2.87. The van der Waals surface area contributed by atoms with Crippen LogP contribution in [0.5, 0.6) is 0 Å². The van der Waals surface area contributed by atoms with Crippen molar-refractivity contribution < 1.29 is 0 Å². The van der Waals surface area contributed by atoms with Crippen molar-refractivity contribution in [1.29, 1.82) is 0 Å². The summed E-state index contributed by atoms with van der Waals surface area (Å²) in [5, 5.41) is 3.54. The van der Waals surface area contributed by atoms with Crippen molar-refractivity contribution in [2.45, 2.75) is 40.0 Å². The van der Waals surface area contributed by atoms with Gasteiger partial charge in [0.05, 0.1) is 0 Å². The second kappa shape index (κ2) is 8.43. The Morgan fingerprint density at radius 1 is 1.15 bits per heavy atom. The lowest BCUT2D eigenvalue weighted by Gasteiger charge is -2.36. The summed E-state index contributed by atoms with van der Waals surface area (Å²) < 4.78 is 0. The molecule has 0 aliphatic heterocycles. The van der Waals surface area contributed by atoms with Crippen molar-refractivity contribution in [2.75, 3.05) is 32.7 Å². The lowest BCUT2D eigenvalue weighted by molar-refractivity contribution is 0.200. The Bertz CT molecular complexity index is 361. The van der Waals surface area contributed by atoms with E-state index >= 15 is 0 Å². The predicted octanol–water partition coefficient (Wildman–Crippen LogP) is 3.53. The molecule has 1 N–H and O–H groups in total. The molecule has 0 saturated heterocycles. The molecule has 1 aromatic carbocycles. The van der Waals surface area contributed by atoms with Crippen LogP contribution in [0.4, 0.5) is 0 Å². The van der Waals surface area contributed by atoms with Gasteiger partial charge in [0.15, 0.2) is 0 Å². The van der Waals surface area contributed by atoms with Crippen LogP contribution in [0, 0.1) is 5.92 Å². The molecule has 0 aliphatic rings. The molecule has 0 aliphatic carbocycles. The molecule has 1 unspecified atom stereocenters. The summed E-state index contributed by atoms with van der Waals surface area (Å²) in [6.45, 7) is 16.9. The summed E-state index contributed by atoms with van der Waals surface area (Å²) >= 11 is 0. The quantitative estimate of drug-likeness (QED) is 0.742. The molecule has 0 amide bonds. The first kappa shape index (κ1) is 17.2. The molecule has 1 aromatic rings. The largest absolute Gasteiger partial charge is 0.316 e. The van der Waals surface area contributed by atoms with Gasteiger partial charge in [-0.1, -0.05) is 65.0 Å². The van der Waals surface area contributed by atoms with E-state index in [1.54, 1.807) is 0 Å². The predicted molar refractivity (Wildman–Crippen MR) is 89.3 cm³/mol. The Labute approximate surface area is 125 Å². The fraction of sp³-hybridized carbons (Fsp3) is 0.667. The van der Waals surface area contributed by atoms with Gasteiger partial charge in [-0.2, -0.15) is 0 Å². The zero-order chi connectivity index (χ0) is 15.0. The van der Waals surface area contributed by atoms with E-state index in [0.29, 0.717) is 5.92 Å². The van der Waals surface area contributed by atoms with Crippen LogP contribution in [0.2, 0.25) is 0 Å². The Morgan fingerprint density at radius 2 is 1.80 bits per heavy atom. The maximum Gasteiger partial charge on any atom is 0.0177 e. The molecule has 114 valence electrons. The molecule has 0 bridgehead atoms. The fourth-order valence-electron chi connectivity index (χ4n) is 2.81. The second-order valence-corrected chi connectivity index (χ2v) is 6.43. The SMILES string of the molecule is CCNCC(C)(CN(CC)CC(C)C)c1ccccc1. The molecule has 20 heavy (non-hydrogen) atoms. The molecule has 0 saturated carbocycles. The molecule has 1 rings (SSSR count). The van der Waals surface area contributed by atoms with Gasteiger partial charge in [-0.3, -0.25) is 0 Å². The maximum absolute atomic E-state index is 3.54. The maximum atomic E-state index is 3.54. The minimum atomic E-state index is 0.169. The molecular formula is C18H32N2. The molecular weight excluding hydrogens is 244 g/mol. The van der Waals surface area contributed by atoms with Gasteiger partial charge in [0.25, 0.3) is 0 Å². The van der Waals surface area contributed by atoms with Gasteiger partial charge in [0.1, 0.15) is 0 Å². The van der Waals surface area contributed by atoms with Crippen molar-refractivity contribution in [3.63, 3.8) is 0 Å². The Kier molecular flexibility index (Phi) is 7.25. The number of hydrogen-bond acceptors (Lipinski definition) is 2. The van der Waals surface area contributed by atoms with Crippen LogP contribution in [-0.4, -0.2) is 37.6 Å². The van der Waals surface area contributed by atoms with E-state index in [0.717, 1.165) is 26.2 Å². The van der Waals surface area contributed by atoms with Gasteiger partial charge in [0, 0.05) is 25.0 Å². The van der Waals surface area contributed by atoms with Crippen molar-refractivity contribution in [1.82, 2.24) is 10.2 Å². The van der Waals surface area contributed by atoms with Crippen molar-refractivity contribution >= 4 is 0 Å². The molecule has 0 radical (unpaired) electrons. The van der Waals surface area contributed by atoms with Crippen LogP contribution in [-0.2, 0) is 5.41 Å². The van der Waals surface area contributed by atoms with Gasteiger partial charge in [-0.25, -0.2) is 0 Å². The highest BCUT2D eigenvalue weighted by molar-refractivity contribution is 5.25. The number of nitrogens with one attached hydrogen (secondary N) is 1. The number of benzene rings is 1. The molecule has 0 fully saturated rings. The van der Waals surface area contributed by atoms with Crippen molar-refractivity contribution in [3.05, 3.63) is 35.9 Å². The topological polar surface area (TPSA) is 15.3 Å². The minimum absolute atomic E-state index is 0.169. The zero-order valence-corrected chi connectivity index (χ0v) is 13.9. The van der Waals surface area contributed by atoms with Gasteiger partial charge in [-0.15, -0.1) is 0 Å². The molecule has 2 heteroatoms. The van der Waals surface area contributed by atoms with Gasteiger partial charge in [0.2, 0.25) is 0 Å². The summed E-state index contributed by atoms with van der Waals surface area (Å²) in [5.74, 6) is 0.717. The van der Waals surface area contributed by atoms with Crippen molar-refractivity contribution in [2.24, 2.45) is 5.92 Å². The first-order valence-corrected chi connectivity index (χ1v) is 8.00. The summed E-state index contributed by atoms with van der Waals surface area (Å²) in [6.07, 6.45) is 0. The van der Waals surface area contributed by atoms with Crippen molar-refractivity contribution in [3.8, 4) is 0 Å². The van der Waals surface area contributed by atoms with E-state index in [4.69, 9.17) is 0 Å². The number of hydrogen-bond donors (Lipinski definition) is 1. The average molecular weight is 276 g/mol. The van der Waals surface area contributed by atoms with Crippen LogP contribution in [0.25, 0.3) is 0 Å². The van der Waals surface area contributed by atoms with E-state index < -0.39 is 0 Å². The second-order valence-electron chi connectivity index (χ2n) is 6.43.